The number of carbonyl (C=O) groups is 5. The van der Waals surface area contributed by atoms with Crippen LogP contribution in [0.5, 0.6) is 0 Å². The molecule has 7 rings (SSSR count). The summed E-state index contributed by atoms with van der Waals surface area (Å²) < 4.78 is 5.96. The van der Waals surface area contributed by atoms with Gasteiger partial charge in [-0.3, -0.25) is 28.9 Å². The summed E-state index contributed by atoms with van der Waals surface area (Å²) in [5.41, 5.74) is 3.46. The first-order valence-corrected chi connectivity index (χ1v) is 17.1. The first kappa shape index (κ1) is 31.7. The van der Waals surface area contributed by atoms with Gasteiger partial charge in [-0.15, -0.1) is 0 Å². The number of aryl methyl sites for hydroxylation is 2. The van der Waals surface area contributed by atoms with Crippen LogP contribution in [0.25, 0.3) is 43.1 Å². The fourth-order valence-corrected chi connectivity index (χ4v) is 7.85. The van der Waals surface area contributed by atoms with E-state index in [-0.39, 0.29) is 17.7 Å². The van der Waals surface area contributed by atoms with Crippen molar-refractivity contribution in [1.82, 2.24) is 9.80 Å². The number of nitrogens with zero attached hydrogens (tertiary/aromatic N) is 2. The van der Waals surface area contributed by atoms with Gasteiger partial charge in [0.1, 0.15) is 0 Å². The summed E-state index contributed by atoms with van der Waals surface area (Å²) in [5, 5.41) is 6.36. The zero-order chi connectivity index (χ0) is 34.2. The number of imide groups is 2. The summed E-state index contributed by atoms with van der Waals surface area (Å²) in [7, 11) is 1.50. The third-order valence-electron chi connectivity index (χ3n) is 10.6. The molecule has 4 amide bonds. The lowest BCUT2D eigenvalue weighted by atomic mass is 9.79. The van der Waals surface area contributed by atoms with Crippen LogP contribution < -0.4 is 0 Å². The largest absolute Gasteiger partial charge is 0.441 e. The molecule has 2 atom stereocenters. The van der Waals surface area contributed by atoms with Gasteiger partial charge in [0.15, 0.2) is 6.23 Å². The number of benzene rings is 5. The van der Waals surface area contributed by atoms with Crippen molar-refractivity contribution in [3.05, 3.63) is 69.8 Å². The number of ether oxygens (including phenoxy) is 1. The molecule has 0 radical (unpaired) electrons. The molecular weight excluding hydrogens is 604 g/mol. The first-order valence-electron chi connectivity index (χ1n) is 17.1. The maximum Gasteiger partial charge on any atom is 0.310 e. The number of amides is 4. The molecule has 8 nitrogen and oxygen atoms in total. The highest BCUT2D eigenvalue weighted by molar-refractivity contribution is 6.42. The van der Waals surface area contributed by atoms with Crippen molar-refractivity contribution < 1.29 is 28.7 Å². The van der Waals surface area contributed by atoms with Gasteiger partial charge in [-0.05, 0) is 94.4 Å². The molecule has 5 aromatic carbocycles. The maximum atomic E-state index is 14.5. The molecule has 0 aromatic heterocycles. The van der Waals surface area contributed by atoms with Gasteiger partial charge >= 0.3 is 5.97 Å². The summed E-state index contributed by atoms with van der Waals surface area (Å²) in [5.74, 6) is -2.40. The third-order valence-corrected chi connectivity index (χ3v) is 10.6. The predicted octanol–water partition coefficient (Wildman–Crippen LogP) is 8.45. The summed E-state index contributed by atoms with van der Waals surface area (Å²) in [6.07, 6.45) is 4.83. The molecule has 2 unspecified atom stereocenters. The fraction of sp³-hybridized carbons (Fsp3) is 0.375. The van der Waals surface area contributed by atoms with Gasteiger partial charge in [0, 0.05) is 46.5 Å². The quantitative estimate of drug-likeness (QED) is 0.0497. The molecule has 0 bridgehead atoms. The van der Waals surface area contributed by atoms with Crippen LogP contribution in [0.4, 0.5) is 0 Å². The average Bonchev–Trinajstić information content (AvgIpc) is 3.08. The van der Waals surface area contributed by atoms with Crippen molar-refractivity contribution >= 4 is 72.7 Å². The molecule has 246 valence electrons. The molecule has 8 heteroatoms. The molecule has 2 aliphatic heterocycles. The highest BCUT2D eigenvalue weighted by Crippen LogP contribution is 2.48. The number of rotatable bonds is 10. The Kier molecular flexibility index (Phi) is 7.73. The zero-order valence-corrected chi connectivity index (χ0v) is 28.4. The highest BCUT2D eigenvalue weighted by Gasteiger charge is 2.41. The van der Waals surface area contributed by atoms with Gasteiger partial charge in [0.2, 0.25) is 0 Å². The van der Waals surface area contributed by atoms with Crippen LogP contribution >= 0.6 is 0 Å². The second kappa shape index (κ2) is 11.7. The second-order valence-electron chi connectivity index (χ2n) is 13.6. The van der Waals surface area contributed by atoms with Gasteiger partial charge in [0.25, 0.3) is 23.6 Å². The number of hydrogen-bond donors (Lipinski definition) is 0. The van der Waals surface area contributed by atoms with Gasteiger partial charge < -0.3 is 4.74 Å². The van der Waals surface area contributed by atoms with Gasteiger partial charge in [-0.1, -0.05) is 58.6 Å². The Morgan fingerprint density at radius 1 is 0.667 bits per heavy atom. The molecule has 2 aliphatic rings. The van der Waals surface area contributed by atoms with Crippen LogP contribution in [0, 0.1) is 19.8 Å². The summed E-state index contributed by atoms with van der Waals surface area (Å²) in [4.78, 5) is 70.8. The maximum absolute atomic E-state index is 14.5. The van der Waals surface area contributed by atoms with Crippen LogP contribution in [0.2, 0.25) is 0 Å². The second-order valence-corrected chi connectivity index (χ2v) is 13.6. The number of carbonyl (C=O) groups excluding carboxylic acids is 5. The monoisotopic (exact) mass is 644 g/mol. The topological polar surface area (TPSA) is 101 Å². The molecular formula is C40H40N2O6. The Hall–Kier alpha value is -4.85. The Morgan fingerprint density at radius 2 is 1.17 bits per heavy atom. The average molecular weight is 645 g/mol. The van der Waals surface area contributed by atoms with E-state index in [4.69, 9.17) is 4.74 Å². The van der Waals surface area contributed by atoms with Gasteiger partial charge in [0.05, 0.1) is 5.92 Å². The van der Waals surface area contributed by atoms with Crippen LogP contribution in [-0.2, 0) is 9.53 Å². The number of hydrogen-bond acceptors (Lipinski definition) is 6. The van der Waals surface area contributed by atoms with Crippen molar-refractivity contribution in [3.63, 3.8) is 0 Å². The van der Waals surface area contributed by atoms with Crippen molar-refractivity contribution in [3.8, 4) is 0 Å². The van der Waals surface area contributed by atoms with Crippen LogP contribution in [-0.4, -0.2) is 52.7 Å². The SMILES string of the molecule is CCCCCCCC(OC(=O)C(C)CC)N1C(=O)c2ccc3c4c(C)cc5c6c(ccc(c7c(C)cc(c2c37)C1=O)c64)C(=O)N(C)C5=O. The van der Waals surface area contributed by atoms with Gasteiger partial charge in [-0.2, -0.15) is 0 Å². The zero-order valence-electron chi connectivity index (χ0n) is 28.4. The molecule has 0 spiro atoms. The lowest BCUT2D eigenvalue weighted by Gasteiger charge is -2.35. The number of fused-ring (bicyclic) bond motifs is 2. The van der Waals surface area contributed by atoms with E-state index >= 15 is 0 Å². The highest BCUT2D eigenvalue weighted by atomic mass is 16.6. The Balaban J connectivity index is 1.44. The smallest absolute Gasteiger partial charge is 0.310 e. The molecule has 0 saturated heterocycles. The first-order chi connectivity index (χ1) is 23.0. The summed E-state index contributed by atoms with van der Waals surface area (Å²) in [6.45, 7) is 9.74. The molecule has 0 aliphatic carbocycles. The normalized spacial score (nSPS) is 15.9. The van der Waals surface area contributed by atoms with E-state index in [2.05, 4.69) is 6.92 Å². The lowest BCUT2D eigenvalue weighted by Crippen LogP contribution is -2.49. The van der Waals surface area contributed by atoms with E-state index in [0.29, 0.717) is 45.9 Å². The van der Waals surface area contributed by atoms with E-state index in [1.165, 1.54) is 11.9 Å². The standard InChI is InChI=1S/C40H40N2O6/c1-7-9-10-11-12-13-29(48-40(47)20(3)8-2)42-38(45)26-17-15-24-30-21(4)18-27-32-25(36(43)41(6)37(27)44)16-14-23(34(30)32)31-22(5)19-28(39(42)46)33(26)35(24)31/h14-20,29H,7-13H2,1-6H3. The molecule has 5 aromatic rings. The lowest BCUT2D eigenvalue weighted by molar-refractivity contribution is -0.159. The van der Waals surface area contributed by atoms with Crippen molar-refractivity contribution in [2.45, 2.75) is 85.8 Å². The minimum Gasteiger partial charge on any atom is -0.441 e. The molecule has 48 heavy (non-hydrogen) atoms. The van der Waals surface area contributed by atoms with Crippen molar-refractivity contribution in [2.24, 2.45) is 5.92 Å². The van der Waals surface area contributed by atoms with E-state index in [1.807, 2.05) is 45.0 Å². The summed E-state index contributed by atoms with van der Waals surface area (Å²) in [6, 6.07) is 11.1. The van der Waals surface area contributed by atoms with Gasteiger partial charge in [-0.25, -0.2) is 4.90 Å². The summed E-state index contributed by atoms with van der Waals surface area (Å²) >= 11 is 0. The molecule has 2 heterocycles. The van der Waals surface area contributed by atoms with Crippen LogP contribution in [0.3, 0.4) is 0 Å². The van der Waals surface area contributed by atoms with E-state index in [1.54, 1.807) is 19.1 Å². The van der Waals surface area contributed by atoms with Crippen molar-refractivity contribution in [2.75, 3.05) is 7.05 Å². The van der Waals surface area contributed by atoms with E-state index in [9.17, 15) is 24.0 Å². The Morgan fingerprint density at radius 3 is 1.73 bits per heavy atom. The Labute approximate surface area is 279 Å². The Bertz CT molecular complexity index is 2230. The minimum absolute atomic E-state index is 0.336. The van der Waals surface area contributed by atoms with Crippen LogP contribution in [0.1, 0.15) is 118 Å². The molecule has 0 fully saturated rings. The predicted molar refractivity (Wildman–Crippen MR) is 187 cm³/mol. The van der Waals surface area contributed by atoms with Crippen LogP contribution in [0.15, 0.2) is 36.4 Å². The third kappa shape index (κ3) is 4.45. The van der Waals surface area contributed by atoms with E-state index < -0.39 is 24.0 Å². The minimum atomic E-state index is -1.00. The molecule has 0 saturated carbocycles. The number of esters is 1. The molecule has 0 N–H and O–H groups in total. The number of unbranched alkanes of at least 4 members (excludes halogenated alkanes) is 4. The van der Waals surface area contributed by atoms with E-state index in [0.717, 1.165) is 80.4 Å². The fourth-order valence-electron chi connectivity index (χ4n) is 7.85. The van der Waals surface area contributed by atoms with Crippen molar-refractivity contribution in [1.29, 1.82) is 0 Å².